The number of methoxy groups -OCH3 is 1. The number of likely N-dealkylation sites (N-methyl/N-ethyl adjacent to an activating group) is 1. The Morgan fingerprint density at radius 2 is 1.07 bits per heavy atom. The van der Waals surface area contributed by atoms with Crippen molar-refractivity contribution in [3.05, 3.63) is 0 Å². The highest BCUT2D eigenvalue weighted by Crippen LogP contribution is 2.46. The first-order valence-electron chi connectivity index (χ1n) is 17.4. The molecule has 6 heterocycles. The lowest BCUT2D eigenvalue weighted by molar-refractivity contribution is -0.425. The third-order valence-electron chi connectivity index (χ3n) is 11.1. The first-order chi connectivity index (χ1) is 21.7. The number of esters is 1. The van der Waals surface area contributed by atoms with Crippen LogP contribution in [-0.2, 0) is 46.0 Å². The Morgan fingerprint density at radius 3 is 1.53 bits per heavy atom. The van der Waals surface area contributed by atoms with Crippen LogP contribution in [-0.4, -0.2) is 121 Å². The van der Waals surface area contributed by atoms with E-state index in [1.165, 1.54) is 45.6 Å². The van der Waals surface area contributed by atoms with Gasteiger partial charge in [-0.1, -0.05) is 6.42 Å². The topological polar surface area (TPSA) is 133 Å². The van der Waals surface area contributed by atoms with Crippen molar-refractivity contribution < 1.29 is 39.1 Å². The van der Waals surface area contributed by atoms with Crippen molar-refractivity contribution in [1.29, 1.82) is 0 Å². The van der Waals surface area contributed by atoms with E-state index in [-0.39, 0.29) is 65.1 Å². The molecular formula is C33H54N4O7S. The Morgan fingerprint density at radius 1 is 0.622 bits per heavy atom. The van der Waals surface area contributed by atoms with Gasteiger partial charge in [0.1, 0.15) is 0 Å². The van der Waals surface area contributed by atoms with Gasteiger partial charge in [0.05, 0.1) is 55.3 Å². The van der Waals surface area contributed by atoms with E-state index in [2.05, 4.69) is 17.7 Å². The minimum atomic E-state index is -0.391. The normalized spacial score (nSPS) is 36.1. The first-order valence-corrected chi connectivity index (χ1v) is 17.8. The van der Waals surface area contributed by atoms with Crippen molar-refractivity contribution in [2.24, 2.45) is 23.7 Å². The number of piperazine rings is 1. The van der Waals surface area contributed by atoms with Gasteiger partial charge in [0.25, 0.3) is 0 Å². The number of amides is 2. The van der Waals surface area contributed by atoms with E-state index >= 15 is 0 Å². The lowest BCUT2D eigenvalue weighted by Crippen LogP contribution is -2.61. The van der Waals surface area contributed by atoms with Crippen LogP contribution in [0.1, 0.15) is 77.0 Å². The van der Waals surface area contributed by atoms with Crippen molar-refractivity contribution in [1.82, 2.24) is 14.7 Å². The Bertz CT molecular complexity index is 1040. The summed E-state index contributed by atoms with van der Waals surface area (Å²) in [6.07, 6.45) is 13.5. The number of fused-ring (bicyclic) bond motifs is 4. The van der Waals surface area contributed by atoms with Gasteiger partial charge in [-0.25, -0.2) is 0 Å². The maximum absolute atomic E-state index is 12.7. The summed E-state index contributed by atoms with van der Waals surface area (Å²) in [4.78, 5) is 54.9. The van der Waals surface area contributed by atoms with Gasteiger partial charge < -0.3 is 52.1 Å². The number of carbonyl (C=O) groups excluding carboxylic acids is 4. The molecule has 0 aromatic carbocycles. The number of nitrogens with zero attached hydrogens (tertiary/aromatic N) is 3. The molecule has 45 heavy (non-hydrogen) atoms. The summed E-state index contributed by atoms with van der Waals surface area (Å²) in [6, 6.07) is 0.786. The van der Waals surface area contributed by atoms with Crippen LogP contribution in [0.25, 0.3) is 0 Å². The summed E-state index contributed by atoms with van der Waals surface area (Å²) in [5, 5.41) is -0.306. The zero-order chi connectivity index (χ0) is 32.1. The number of ether oxygens (including phenoxy) is 3. The van der Waals surface area contributed by atoms with Gasteiger partial charge in [-0.15, -0.1) is 0 Å². The largest absolute Gasteiger partial charge is 0.742 e. The summed E-state index contributed by atoms with van der Waals surface area (Å²) < 4.78 is 16.4. The lowest BCUT2D eigenvalue weighted by Gasteiger charge is -2.37. The Kier molecular flexibility index (Phi) is 12.1. The molecule has 254 valence electrons. The molecular weight excluding hydrogens is 596 g/mol. The minimum Gasteiger partial charge on any atom is -0.742 e. The molecule has 8 atom stereocenters. The number of likely N-dealkylation sites (tertiary alicyclic amines) is 1. The lowest BCUT2D eigenvalue weighted by atomic mass is 9.78. The van der Waals surface area contributed by atoms with E-state index < -0.39 is 5.92 Å². The molecule has 6 aliphatic heterocycles. The number of hydrogen-bond donors (Lipinski definition) is 1. The van der Waals surface area contributed by atoms with E-state index in [0.717, 1.165) is 83.8 Å². The summed E-state index contributed by atoms with van der Waals surface area (Å²) in [5.41, 5.74) is 4.00. The highest BCUT2D eigenvalue weighted by molar-refractivity contribution is 7.77. The Labute approximate surface area is 273 Å². The zero-order valence-corrected chi connectivity index (χ0v) is 28.1. The zero-order valence-electron chi connectivity index (χ0n) is 27.2. The molecule has 0 aromatic heterocycles. The predicted octanol–water partition coefficient (Wildman–Crippen LogP) is 1.15. The van der Waals surface area contributed by atoms with Gasteiger partial charge in [0.2, 0.25) is 11.8 Å². The SMILES string of the molecule is CN1CCN(C(=O)C2C(C(=O)[S-])[C@H]3CC[C@@H]2O3)CC1.COC(=O)C1C(C(=O)N2CCCCC2)[C@@H]2CC[C@H]1O2.[NH3+]C1CCCCC1. The molecule has 7 rings (SSSR count). The van der Waals surface area contributed by atoms with Crippen LogP contribution >= 0.6 is 0 Å². The van der Waals surface area contributed by atoms with E-state index in [1.807, 2.05) is 9.80 Å². The molecule has 11 nitrogen and oxygen atoms in total. The quantitative estimate of drug-likeness (QED) is 0.352. The molecule has 7 fully saturated rings. The summed E-state index contributed by atoms with van der Waals surface area (Å²) >= 11 is 4.82. The predicted molar refractivity (Wildman–Crippen MR) is 168 cm³/mol. The van der Waals surface area contributed by atoms with Gasteiger partial charge in [-0.05, 0) is 77.7 Å². The third-order valence-corrected chi connectivity index (χ3v) is 11.3. The smallest absolute Gasteiger partial charge is 0.312 e. The highest BCUT2D eigenvalue weighted by Gasteiger charge is 2.57. The fourth-order valence-corrected chi connectivity index (χ4v) is 8.77. The molecule has 4 bridgehead atoms. The fourth-order valence-electron chi connectivity index (χ4n) is 8.47. The van der Waals surface area contributed by atoms with Crippen LogP contribution in [0.15, 0.2) is 0 Å². The number of rotatable bonds is 4. The summed E-state index contributed by atoms with van der Waals surface area (Å²) in [7, 11) is 3.44. The Balaban J connectivity index is 0.000000147. The number of carbonyl (C=O) groups is 4. The van der Waals surface area contributed by atoms with E-state index in [9.17, 15) is 19.2 Å². The molecule has 12 heteroatoms. The van der Waals surface area contributed by atoms with Crippen molar-refractivity contribution in [3.8, 4) is 0 Å². The van der Waals surface area contributed by atoms with Gasteiger partial charge in [-0.3, -0.25) is 14.4 Å². The number of piperidine rings is 1. The molecule has 1 aliphatic carbocycles. The maximum atomic E-state index is 12.7. The average Bonchev–Trinajstić information content (AvgIpc) is 3.87. The molecule has 0 radical (unpaired) electrons. The van der Waals surface area contributed by atoms with Crippen LogP contribution in [0.4, 0.5) is 0 Å². The molecule has 3 N–H and O–H groups in total. The molecule has 0 aromatic rings. The second-order valence-electron chi connectivity index (χ2n) is 14.0. The maximum Gasteiger partial charge on any atom is 0.312 e. The molecule has 7 aliphatic rings. The summed E-state index contributed by atoms with van der Waals surface area (Å²) in [5.74, 6) is -1.54. The van der Waals surface area contributed by atoms with Crippen LogP contribution in [0.5, 0.6) is 0 Å². The van der Waals surface area contributed by atoms with Crippen LogP contribution in [0, 0.1) is 23.7 Å². The summed E-state index contributed by atoms with van der Waals surface area (Å²) in [6.45, 7) is 4.89. The van der Waals surface area contributed by atoms with Gasteiger partial charge in [0.15, 0.2) is 0 Å². The Hall–Kier alpha value is -1.86. The highest BCUT2D eigenvalue weighted by atomic mass is 32.1. The van der Waals surface area contributed by atoms with Crippen LogP contribution < -0.4 is 5.73 Å². The second-order valence-corrected chi connectivity index (χ2v) is 14.4. The molecule has 0 spiro atoms. The van der Waals surface area contributed by atoms with Crippen LogP contribution in [0.2, 0.25) is 0 Å². The van der Waals surface area contributed by atoms with Gasteiger partial charge in [-0.2, -0.15) is 0 Å². The van der Waals surface area contributed by atoms with Crippen molar-refractivity contribution >= 4 is 35.5 Å². The monoisotopic (exact) mass is 650 g/mol. The van der Waals surface area contributed by atoms with Crippen molar-refractivity contribution in [2.75, 3.05) is 53.4 Å². The number of quaternary nitrogens is 1. The number of hydrogen-bond acceptors (Lipinski definition) is 9. The van der Waals surface area contributed by atoms with Gasteiger partial charge >= 0.3 is 5.97 Å². The minimum absolute atomic E-state index is 0.0727. The molecule has 2 amide bonds. The van der Waals surface area contributed by atoms with Crippen molar-refractivity contribution in [3.63, 3.8) is 0 Å². The van der Waals surface area contributed by atoms with Crippen LogP contribution in [0.3, 0.4) is 0 Å². The fraction of sp³-hybridized carbons (Fsp3) is 0.879. The average molecular weight is 651 g/mol. The molecule has 1 saturated carbocycles. The standard InChI is InChI=1S/C14H21NO4.C13H20N2O3S.C6H13N/c1-18-14(17)12-10-6-5-9(19-10)11(12)13(16)15-7-3-2-4-8-15;1-14-4-6-15(7-5-14)12(16)10-8-2-3-9(18-8)11(10)13(17)19;7-6-4-2-1-3-5-6/h9-12H,2-8H2,1H3;8-11H,2-7H2,1H3,(H,17,19);6H,1-5,7H2/t9-,10+,11?,12?;8-,9+,10?,11?;/m00./s1. The van der Waals surface area contributed by atoms with Gasteiger partial charge in [0, 0.05) is 50.3 Å². The van der Waals surface area contributed by atoms with E-state index in [1.54, 1.807) is 0 Å². The van der Waals surface area contributed by atoms with E-state index in [4.69, 9.17) is 26.8 Å². The first kappa shape index (κ1) is 34.5. The van der Waals surface area contributed by atoms with Crippen molar-refractivity contribution in [2.45, 2.75) is 108 Å². The second kappa shape index (κ2) is 15.8. The van der Waals surface area contributed by atoms with E-state index in [0.29, 0.717) is 0 Å². The molecule has 4 unspecified atom stereocenters. The third kappa shape index (κ3) is 8.00. The molecule has 6 saturated heterocycles.